The van der Waals surface area contributed by atoms with Crippen LogP contribution in [0.25, 0.3) is 0 Å². The van der Waals surface area contributed by atoms with Crippen molar-refractivity contribution in [2.45, 2.75) is 44.8 Å². The highest BCUT2D eigenvalue weighted by molar-refractivity contribution is 8.23. The van der Waals surface area contributed by atoms with Crippen LogP contribution >= 0.6 is 47.2 Å². The van der Waals surface area contributed by atoms with E-state index in [0.29, 0.717) is 42.4 Å². The molecule has 0 bridgehead atoms. The van der Waals surface area contributed by atoms with Crippen molar-refractivity contribution in [3.8, 4) is 0 Å². The minimum Gasteiger partial charge on any atom is -0.479 e. The summed E-state index contributed by atoms with van der Waals surface area (Å²) in [5.41, 5.74) is 0.581. The Labute approximate surface area is 173 Å². The number of hydrogen-bond donors (Lipinski definition) is 0. The summed E-state index contributed by atoms with van der Waals surface area (Å²) in [6.45, 7) is 3.91. The van der Waals surface area contributed by atoms with Crippen LogP contribution in [0.2, 0.25) is 10.3 Å². The van der Waals surface area contributed by atoms with E-state index in [-0.39, 0.29) is 27.2 Å². The van der Waals surface area contributed by atoms with E-state index in [0.717, 1.165) is 0 Å². The first-order valence-corrected chi connectivity index (χ1v) is 10.2. The summed E-state index contributed by atoms with van der Waals surface area (Å²) in [6, 6.07) is 3.16. The Balaban J connectivity index is 2.67. The van der Waals surface area contributed by atoms with Gasteiger partial charge in [0.25, 0.3) is 0 Å². The second-order valence-corrected chi connectivity index (χ2v) is 8.30. The molecule has 0 spiro atoms. The fourth-order valence-electron chi connectivity index (χ4n) is 2.16. The number of carbonyl (C=O) groups is 2. The van der Waals surface area contributed by atoms with Crippen LogP contribution in [0, 0.1) is 0 Å². The third-order valence-corrected chi connectivity index (χ3v) is 5.44. The van der Waals surface area contributed by atoms with Crippen LogP contribution in [0.15, 0.2) is 12.1 Å². The molecule has 0 saturated heterocycles. The van der Waals surface area contributed by atoms with E-state index in [4.69, 9.17) is 40.2 Å². The minimum absolute atomic E-state index is 0.0416. The van der Waals surface area contributed by atoms with Gasteiger partial charge >= 0.3 is 0 Å². The molecule has 0 aliphatic heterocycles. The first kappa shape index (κ1) is 23.1. The molecule has 0 aliphatic carbocycles. The fraction of sp³-hybridized carbons (Fsp3) is 0.529. The first-order valence-electron chi connectivity index (χ1n) is 8.15. The Morgan fingerprint density at radius 2 is 1.85 bits per heavy atom. The fourth-order valence-corrected chi connectivity index (χ4v) is 4.06. The smallest absolute Gasteiger partial charge is 0.226 e. The van der Waals surface area contributed by atoms with Gasteiger partial charge in [0.2, 0.25) is 10.3 Å². The van der Waals surface area contributed by atoms with Crippen LogP contribution in [0.1, 0.15) is 39.5 Å². The average Bonchev–Trinajstić information content (AvgIpc) is 2.55. The SMILES string of the molecule is CCOC(=S)SC(CCC(C)=O)CCC(=O)N(C)c1cc(Cl)nc(Cl)c1. The summed E-state index contributed by atoms with van der Waals surface area (Å²) in [7, 11) is 1.66. The Hall–Kier alpha value is -0.890. The number of Topliss-reactive ketones (excluding diaryl/α,β-unsaturated/α-hetero) is 1. The van der Waals surface area contributed by atoms with Crippen molar-refractivity contribution in [3.05, 3.63) is 22.4 Å². The minimum atomic E-state index is -0.0842. The highest BCUT2D eigenvalue weighted by Gasteiger charge is 2.19. The van der Waals surface area contributed by atoms with E-state index in [2.05, 4.69) is 4.98 Å². The largest absolute Gasteiger partial charge is 0.479 e. The maximum Gasteiger partial charge on any atom is 0.226 e. The maximum absolute atomic E-state index is 12.5. The molecule has 1 heterocycles. The normalized spacial score (nSPS) is 11.7. The molecule has 0 aromatic carbocycles. The van der Waals surface area contributed by atoms with Crippen LogP contribution < -0.4 is 4.90 Å². The molecule has 1 atom stereocenters. The zero-order valence-electron chi connectivity index (χ0n) is 15.0. The first-order chi connectivity index (χ1) is 12.2. The molecule has 26 heavy (non-hydrogen) atoms. The molecule has 1 unspecified atom stereocenters. The van der Waals surface area contributed by atoms with E-state index < -0.39 is 0 Å². The number of carbonyl (C=O) groups excluding carboxylic acids is 2. The number of pyridine rings is 1. The number of anilines is 1. The Morgan fingerprint density at radius 3 is 2.38 bits per heavy atom. The lowest BCUT2D eigenvalue weighted by Crippen LogP contribution is -2.27. The number of rotatable bonds is 9. The van der Waals surface area contributed by atoms with E-state index in [1.807, 2.05) is 6.92 Å². The van der Waals surface area contributed by atoms with E-state index in [1.54, 1.807) is 26.1 Å². The zero-order chi connectivity index (χ0) is 19.7. The number of hydrogen-bond acceptors (Lipinski definition) is 6. The van der Waals surface area contributed by atoms with Crippen LogP contribution in [0.4, 0.5) is 5.69 Å². The topological polar surface area (TPSA) is 59.5 Å². The highest BCUT2D eigenvalue weighted by atomic mass is 35.5. The summed E-state index contributed by atoms with van der Waals surface area (Å²) in [5, 5.41) is 0.494. The molecule has 0 fully saturated rings. The number of amides is 1. The number of nitrogens with zero attached hydrogens (tertiary/aromatic N) is 2. The van der Waals surface area contributed by atoms with Gasteiger partial charge in [-0.15, -0.1) is 0 Å². The van der Waals surface area contributed by atoms with Crippen molar-refractivity contribution in [1.82, 2.24) is 4.98 Å². The molecule has 0 aliphatic rings. The van der Waals surface area contributed by atoms with Gasteiger partial charge in [-0.05, 0) is 51.0 Å². The van der Waals surface area contributed by atoms with Crippen molar-refractivity contribution in [3.63, 3.8) is 0 Å². The zero-order valence-corrected chi connectivity index (χ0v) is 18.1. The standard InChI is InChI=1S/C17H22Cl2N2O3S2/c1-4-24-17(25)26-13(6-5-11(2)22)7-8-16(23)21(3)12-9-14(18)20-15(19)10-12/h9-10,13H,4-8H2,1-3H3. The lowest BCUT2D eigenvalue weighted by molar-refractivity contribution is -0.118. The molecule has 1 aromatic heterocycles. The monoisotopic (exact) mass is 436 g/mol. The van der Waals surface area contributed by atoms with Crippen molar-refractivity contribution < 1.29 is 14.3 Å². The van der Waals surface area contributed by atoms with Gasteiger partial charge in [0.15, 0.2) is 0 Å². The van der Waals surface area contributed by atoms with Gasteiger partial charge in [-0.2, -0.15) is 0 Å². The molecular formula is C17H22Cl2N2O3S2. The molecule has 0 saturated carbocycles. The molecule has 144 valence electrons. The van der Waals surface area contributed by atoms with Gasteiger partial charge in [0.1, 0.15) is 16.1 Å². The Bertz CT molecular complexity index is 639. The highest BCUT2D eigenvalue weighted by Crippen LogP contribution is 2.26. The van der Waals surface area contributed by atoms with Crippen LogP contribution in [0.5, 0.6) is 0 Å². The molecule has 9 heteroatoms. The van der Waals surface area contributed by atoms with Crippen LogP contribution in [0.3, 0.4) is 0 Å². The second-order valence-electron chi connectivity index (χ2n) is 5.63. The third-order valence-electron chi connectivity index (χ3n) is 3.53. The molecule has 1 aromatic rings. The molecule has 1 rings (SSSR count). The molecular weight excluding hydrogens is 415 g/mol. The lowest BCUT2D eigenvalue weighted by Gasteiger charge is -2.20. The van der Waals surface area contributed by atoms with Gasteiger partial charge in [0.05, 0.1) is 6.61 Å². The number of aromatic nitrogens is 1. The summed E-state index contributed by atoms with van der Waals surface area (Å²) in [6.07, 6.45) is 1.99. The Kier molecular flexibility index (Phi) is 10.5. The van der Waals surface area contributed by atoms with Crippen molar-refractivity contribution in [2.75, 3.05) is 18.6 Å². The predicted molar refractivity (Wildman–Crippen MR) is 112 cm³/mol. The van der Waals surface area contributed by atoms with E-state index >= 15 is 0 Å². The summed E-state index contributed by atoms with van der Waals surface area (Å²) < 4.78 is 5.75. The molecule has 0 radical (unpaired) electrons. The van der Waals surface area contributed by atoms with Crippen LogP contribution in [-0.4, -0.2) is 40.0 Å². The van der Waals surface area contributed by atoms with Crippen molar-refractivity contribution in [2.24, 2.45) is 0 Å². The predicted octanol–water partition coefficient (Wildman–Crippen LogP) is 4.92. The number of ether oxygens (including phenoxy) is 1. The molecule has 1 amide bonds. The number of thiocarbonyl (C=S) groups is 1. The van der Waals surface area contributed by atoms with Gasteiger partial charge in [-0.1, -0.05) is 35.0 Å². The van der Waals surface area contributed by atoms with E-state index in [1.165, 1.54) is 16.7 Å². The Morgan fingerprint density at radius 1 is 1.27 bits per heavy atom. The summed E-state index contributed by atoms with van der Waals surface area (Å²) in [5.74, 6) is 0.0292. The number of thioether (sulfide) groups is 1. The average molecular weight is 437 g/mol. The van der Waals surface area contributed by atoms with Crippen molar-refractivity contribution >= 4 is 68.9 Å². The van der Waals surface area contributed by atoms with Gasteiger partial charge in [-0.3, -0.25) is 4.79 Å². The van der Waals surface area contributed by atoms with E-state index in [9.17, 15) is 9.59 Å². The third kappa shape index (κ3) is 8.66. The maximum atomic E-state index is 12.5. The van der Waals surface area contributed by atoms with Crippen LogP contribution in [-0.2, 0) is 14.3 Å². The number of halogens is 2. The summed E-state index contributed by atoms with van der Waals surface area (Å²) >= 11 is 18.3. The van der Waals surface area contributed by atoms with Gasteiger partial charge < -0.3 is 14.4 Å². The molecule has 0 N–H and O–H groups in total. The van der Waals surface area contributed by atoms with Gasteiger partial charge in [0, 0.05) is 30.8 Å². The molecule has 5 nitrogen and oxygen atoms in total. The van der Waals surface area contributed by atoms with Crippen molar-refractivity contribution in [1.29, 1.82) is 0 Å². The van der Waals surface area contributed by atoms with Gasteiger partial charge in [-0.25, -0.2) is 4.98 Å². The number of ketones is 1. The second kappa shape index (κ2) is 11.7. The quantitative estimate of drug-likeness (QED) is 0.404. The summed E-state index contributed by atoms with van der Waals surface area (Å²) in [4.78, 5) is 29.1. The lowest BCUT2D eigenvalue weighted by atomic mass is 10.1.